The van der Waals surface area contributed by atoms with E-state index >= 15 is 0 Å². The van der Waals surface area contributed by atoms with Crippen molar-refractivity contribution < 1.29 is 4.74 Å². The van der Waals surface area contributed by atoms with E-state index in [0.29, 0.717) is 5.60 Å². The maximum atomic E-state index is 5.73. The van der Waals surface area contributed by atoms with Crippen LogP contribution in [0.15, 0.2) is 0 Å². The molecular formula is C9H16O. The van der Waals surface area contributed by atoms with Gasteiger partial charge in [-0.3, -0.25) is 0 Å². The van der Waals surface area contributed by atoms with E-state index in [-0.39, 0.29) is 0 Å². The quantitative estimate of drug-likeness (QED) is 0.542. The van der Waals surface area contributed by atoms with Crippen molar-refractivity contribution in [3.63, 3.8) is 0 Å². The van der Waals surface area contributed by atoms with Crippen LogP contribution in [0, 0.1) is 11.8 Å². The van der Waals surface area contributed by atoms with Crippen molar-refractivity contribution >= 4 is 0 Å². The molecule has 2 rings (SSSR count). The topological polar surface area (TPSA) is 9.23 Å². The van der Waals surface area contributed by atoms with Gasteiger partial charge in [-0.2, -0.15) is 0 Å². The van der Waals surface area contributed by atoms with Crippen LogP contribution in [0.5, 0.6) is 0 Å². The van der Waals surface area contributed by atoms with E-state index in [4.69, 9.17) is 4.74 Å². The molecule has 1 heteroatoms. The lowest BCUT2D eigenvalue weighted by Gasteiger charge is -2.10. The Morgan fingerprint density at radius 2 is 2.10 bits per heavy atom. The van der Waals surface area contributed by atoms with E-state index in [1.807, 2.05) is 0 Å². The summed E-state index contributed by atoms with van der Waals surface area (Å²) in [4.78, 5) is 0. The lowest BCUT2D eigenvalue weighted by molar-refractivity contribution is 0.0852. The van der Waals surface area contributed by atoms with Gasteiger partial charge in [0, 0.05) is 0 Å². The summed E-state index contributed by atoms with van der Waals surface area (Å²) >= 11 is 0. The minimum Gasteiger partial charge on any atom is -0.375 e. The zero-order valence-electron chi connectivity index (χ0n) is 6.89. The number of hydrogen-bond donors (Lipinski definition) is 0. The summed E-state index contributed by atoms with van der Waals surface area (Å²) in [6, 6.07) is 0. The SMILES string of the molecule is CC(C)C1COC2(CC2)C1. The standard InChI is InChI=1S/C9H16O/c1-7(2)8-5-9(3-4-9)10-6-8/h7-8H,3-6H2,1-2H3. The highest BCUT2D eigenvalue weighted by Gasteiger charge is 2.50. The molecule has 1 nitrogen and oxygen atoms in total. The van der Waals surface area contributed by atoms with Gasteiger partial charge < -0.3 is 4.74 Å². The van der Waals surface area contributed by atoms with Crippen molar-refractivity contribution in [2.75, 3.05) is 6.61 Å². The summed E-state index contributed by atoms with van der Waals surface area (Å²) in [5.74, 6) is 1.67. The molecule has 58 valence electrons. The van der Waals surface area contributed by atoms with Crippen molar-refractivity contribution in [1.29, 1.82) is 0 Å². The van der Waals surface area contributed by atoms with Gasteiger partial charge in [0.1, 0.15) is 0 Å². The summed E-state index contributed by atoms with van der Waals surface area (Å²) in [5, 5.41) is 0. The van der Waals surface area contributed by atoms with Crippen LogP contribution in [-0.2, 0) is 4.74 Å². The molecule has 10 heavy (non-hydrogen) atoms. The molecule has 2 fully saturated rings. The minimum atomic E-state index is 0.398. The monoisotopic (exact) mass is 140 g/mol. The maximum Gasteiger partial charge on any atom is 0.0688 e. The van der Waals surface area contributed by atoms with Crippen LogP contribution in [0.3, 0.4) is 0 Å². The third-order valence-electron chi connectivity index (χ3n) is 2.99. The highest BCUT2D eigenvalue weighted by molar-refractivity contribution is 5.01. The molecule has 1 saturated heterocycles. The van der Waals surface area contributed by atoms with Crippen molar-refractivity contribution in [2.24, 2.45) is 11.8 Å². The average Bonchev–Trinajstić information content (AvgIpc) is 2.41. The normalized spacial score (nSPS) is 35.7. The van der Waals surface area contributed by atoms with E-state index in [2.05, 4.69) is 13.8 Å². The molecule has 1 saturated carbocycles. The molecule has 2 aliphatic rings. The molecule has 0 aromatic carbocycles. The maximum absolute atomic E-state index is 5.73. The summed E-state index contributed by atoms with van der Waals surface area (Å²) < 4.78 is 5.73. The third-order valence-corrected chi connectivity index (χ3v) is 2.99. The van der Waals surface area contributed by atoms with Crippen LogP contribution in [0.25, 0.3) is 0 Å². The van der Waals surface area contributed by atoms with Gasteiger partial charge in [-0.1, -0.05) is 13.8 Å². The zero-order chi connectivity index (χ0) is 7.19. The third kappa shape index (κ3) is 0.968. The predicted octanol–water partition coefficient (Wildman–Crippen LogP) is 2.21. The van der Waals surface area contributed by atoms with Gasteiger partial charge in [0.25, 0.3) is 0 Å². The van der Waals surface area contributed by atoms with Crippen LogP contribution < -0.4 is 0 Å². The summed E-state index contributed by atoms with van der Waals surface area (Å²) in [7, 11) is 0. The van der Waals surface area contributed by atoms with Gasteiger partial charge in [-0.25, -0.2) is 0 Å². The Bertz CT molecular complexity index is 136. The summed E-state index contributed by atoms with van der Waals surface area (Å²) in [6.07, 6.45) is 4.00. The van der Waals surface area contributed by atoms with E-state index in [0.717, 1.165) is 18.4 Å². The van der Waals surface area contributed by atoms with E-state index in [9.17, 15) is 0 Å². The Balaban J connectivity index is 1.93. The molecule has 1 atom stereocenters. The molecule has 0 aromatic rings. The molecule has 1 heterocycles. The van der Waals surface area contributed by atoms with Gasteiger partial charge in [0.2, 0.25) is 0 Å². The lowest BCUT2D eigenvalue weighted by Crippen LogP contribution is -2.08. The zero-order valence-corrected chi connectivity index (χ0v) is 6.89. The molecule has 0 amide bonds. The molecule has 1 spiro atoms. The second-order valence-corrected chi connectivity index (χ2v) is 4.20. The molecule has 0 aromatic heterocycles. The van der Waals surface area contributed by atoms with E-state index in [1.54, 1.807) is 0 Å². The van der Waals surface area contributed by atoms with Crippen molar-refractivity contribution in [1.82, 2.24) is 0 Å². The first-order valence-corrected chi connectivity index (χ1v) is 4.36. The lowest BCUT2D eigenvalue weighted by atomic mass is 9.93. The Morgan fingerprint density at radius 3 is 2.40 bits per heavy atom. The van der Waals surface area contributed by atoms with Crippen LogP contribution in [0.4, 0.5) is 0 Å². The van der Waals surface area contributed by atoms with Crippen LogP contribution >= 0.6 is 0 Å². The molecule has 1 aliphatic heterocycles. The molecule has 0 radical (unpaired) electrons. The van der Waals surface area contributed by atoms with Crippen molar-refractivity contribution in [3.8, 4) is 0 Å². The van der Waals surface area contributed by atoms with Crippen LogP contribution in [-0.4, -0.2) is 12.2 Å². The van der Waals surface area contributed by atoms with Crippen molar-refractivity contribution in [2.45, 2.75) is 38.7 Å². The molecule has 0 bridgehead atoms. The molecule has 0 N–H and O–H groups in total. The van der Waals surface area contributed by atoms with Crippen LogP contribution in [0.1, 0.15) is 33.1 Å². The molecule has 1 unspecified atom stereocenters. The van der Waals surface area contributed by atoms with E-state index < -0.39 is 0 Å². The van der Waals surface area contributed by atoms with Gasteiger partial charge in [-0.05, 0) is 31.1 Å². The Labute approximate surface area is 62.8 Å². The van der Waals surface area contributed by atoms with Gasteiger partial charge >= 0.3 is 0 Å². The second kappa shape index (κ2) is 1.97. The smallest absolute Gasteiger partial charge is 0.0688 e. The van der Waals surface area contributed by atoms with Gasteiger partial charge in [0.05, 0.1) is 12.2 Å². The highest BCUT2D eigenvalue weighted by atomic mass is 16.5. The van der Waals surface area contributed by atoms with Crippen LogP contribution in [0.2, 0.25) is 0 Å². The number of ether oxygens (including phenoxy) is 1. The summed E-state index contributed by atoms with van der Waals surface area (Å²) in [6.45, 7) is 5.63. The van der Waals surface area contributed by atoms with Crippen molar-refractivity contribution in [3.05, 3.63) is 0 Å². The fourth-order valence-corrected chi connectivity index (χ4v) is 1.80. The molecular weight excluding hydrogens is 124 g/mol. The van der Waals surface area contributed by atoms with Gasteiger partial charge in [0.15, 0.2) is 0 Å². The first-order chi connectivity index (χ1) is 4.72. The predicted molar refractivity (Wildman–Crippen MR) is 40.9 cm³/mol. The largest absolute Gasteiger partial charge is 0.375 e. The number of rotatable bonds is 1. The fraction of sp³-hybridized carbons (Fsp3) is 1.00. The fourth-order valence-electron chi connectivity index (χ4n) is 1.80. The Hall–Kier alpha value is -0.0400. The summed E-state index contributed by atoms with van der Waals surface area (Å²) in [5.41, 5.74) is 0.398. The van der Waals surface area contributed by atoms with Gasteiger partial charge in [-0.15, -0.1) is 0 Å². The van der Waals surface area contributed by atoms with E-state index in [1.165, 1.54) is 19.3 Å². The average molecular weight is 140 g/mol. The first-order valence-electron chi connectivity index (χ1n) is 4.36. The second-order valence-electron chi connectivity index (χ2n) is 4.20. The minimum absolute atomic E-state index is 0.398. The molecule has 1 aliphatic carbocycles. The highest BCUT2D eigenvalue weighted by Crippen LogP contribution is 2.50. The number of hydrogen-bond acceptors (Lipinski definition) is 1. The first kappa shape index (κ1) is 6.66. The Kier molecular flexibility index (Phi) is 1.31. The Morgan fingerprint density at radius 1 is 1.40 bits per heavy atom.